The fourth-order valence-electron chi connectivity index (χ4n) is 3.55. The maximum Gasteiger partial charge on any atom is 0.264 e. The highest BCUT2D eigenvalue weighted by molar-refractivity contribution is 9.10. The molecule has 2 aromatic rings. The Bertz CT molecular complexity index is 902. The third-order valence-electron chi connectivity index (χ3n) is 5.61. The Morgan fingerprint density at radius 1 is 0.906 bits per heavy atom. The zero-order chi connectivity index (χ0) is 23.6. The molecule has 0 fully saturated rings. The van der Waals surface area contributed by atoms with Crippen molar-refractivity contribution >= 4 is 31.6 Å². The van der Waals surface area contributed by atoms with Crippen molar-refractivity contribution in [1.29, 1.82) is 0 Å². The maximum atomic E-state index is 13.0. The quantitative estimate of drug-likeness (QED) is 0.204. The summed E-state index contributed by atoms with van der Waals surface area (Å²) >= 11 is 3.34. The van der Waals surface area contributed by atoms with Crippen LogP contribution in [0.3, 0.4) is 0 Å². The van der Waals surface area contributed by atoms with Crippen LogP contribution in [0.2, 0.25) is 0 Å². The molecule has 5 nitrogen and oxygen atoms in total. The van der Waals surface area contributed by atoms with Crippen LogP contribution < -0.4 is 9.04 Å². The van der Waals surface area contributed by atoms with Crippen molar-refractivity contribution in [3.8, 4) is 5.75 Å². The van der Waals surface area contributed by atoms with Crippen molar-refractivity contribution in [3.63, 3.8) is 0 Å². The van der Waals surface area contributed by atoms with Crippen molar-refractivity contribution in [1.82, 2.24) is 4.90 Å². The van der Waals surface area contributed by atoms with Gasteiger partial charge < -0.3 is 4.74 Å². The van der Waals surface area contributed by atoms with Crippen LogP contribution >= 0.6 is 15.9 Å². The molecule has 32 heavy (non-hydrogen) atoms. The minimum atomic E-state index is -3.62. The molecule has 1 unspecified atom stereocenters. The van der Waals surface area contributed by atoms with Crippen LogP contribution in [0.5, 0.6) is 5.75 Å². The monoisotopic (exact) mass is 524 g/mol. The molecule has 0 spiro atoms. The van der Waals surface area contributed by atoms with Gasteiger partial charge in [-0.3, -0.25) is 9.21 Å². The van der Waals surface area contributed by atoms with Crippen molar-refractivity contribution in [2.24, 2.45) is 0 Å². The van der Waals surface area contributed by atoms with Gasteiger partial charge in [0.1, 0.15) is 5.75 Å². The van der Waals surface area contributed by atoms with Crippen LogP contribution in [0.4, 0.5) is 5.69 Å². The number of hydrogen-bond acceptors (Lipinski definition) is 4. The number of ether oxygens (including phenoxy) is 1. The van der Waals surface area contributed by atoms with Crippen LogP contribution in [-0.2, 0) is 10.0 Å². The third-order valence-corrected chi connectivity index (χ3v) is 7.94. The molecule has 0 heterocycles. The van der Waals surface area contributed by atoms with Crippen LogP contribution in [0, 0.1) is 0 Å². The van der Waals surface area contributed by atoms with E-state index in [1.54, 1.807) is 43.4 Å². The summed E-state index contributed by atoms with van der Waals surface area (Å²) in [7, 11) is -2.05. The van der Waals surface area contributed by atoms with Gasteiger partial charge in [-0.05, 0) is 74.3 Å². The second-order valence-corrected chi connectivity index (χ2v) is 10.9. The molecule has 0 radical (unpaired) electrons. The fraction of sp³-hybridized carbons (Fsp3) is 0.520. The number of halogens is 1. The smallest absolute Gasteiger partial charge is 0.264 e. The number of unbranched alkanes of at least 4 members (excludes halogenated alkanes) is 3. The lowest BCUT2D eigenvalue weighted by Crippen LogP contribution is -2.40. The molecule has 0 aliphatic carbocycles. The molecule has 0 aliphatic heterocycles. The summed E-state index contributed by atoms with van der Waals surface area (Å²) < 4.78 is 34.4. The van der Waals surface area contributed by atoms with E-state index in [-0.39, 0.29) is 11.1 Å². The summed E-state index contributed by atoms with van der Waals surface area (Å²) in [5.41, 5.74) is 0.598. The van der Waals surface area contributed by atoms with E-state index in [1.165, 1.54) is 17.1 Å². The molecule has 1 atom stereocenters. The minimum absolute atomic E-state index is 0.0353. The topological polar surface area (TPSA) is 49.9 Å². The van der Waals surface area contributed by atoms with Gasteiger partial charge in [0, 0.05) is 18.1 Å². The van der Waals surface area contributed by atoms with E-state index >= 15 is 0 Å². The third kappa shape index (κ3) is 7.49. The summed E-state index contributed by atoms with van der Waals surface area (Å²) in [5, 5.41) is 0. The molecule has 178 valence electrons. The second kappa shape index (κ2) is 13.2. The van der Waals surface area contributed by atoms with Gasteiger partial charge in [0.15, 0.2) is 6.23 Å². The van der Waals surface area contributed by atoms with E-state index in [9.17, 15) is 8.42 Å². The van der Waals surface area contributed by atoms with Gasteiger partial charge in [-0.2, -0.15) is 0 Å². The Hall–Kier alpha value is -1.57. The van der Waals surface area contributed by atoms with Crippen LogP contribution in [0.15, 0.2) is 57.9 Å². The molecule has 0 N–H and O–H groups in total. The van der Waals surface area contributed by atoms with Gasteiger partial charge in [-0.15, -0.1) is 0 Å². The van der Waals surface area contributed by atoms with Crippen molar-refractivity contribution in [2.75, 3.05) is 24.4 Å². The highest BCUT2D eigenvalue weighted by Crippen LogP contribution is 2.26. The first-order valence-corrected chi connectivity index (χ1v) is 13.8. The standard InChI is InChI=1S/C25H37BrN2O3S/c1-5-8-10-11-25(28(7-3)20-9-6-2)31-23-16-14-22(15-17-23)27(4)32(29,30)24-18-12-21(26)13-19-24/h12-19,25H,5-11,20H2,1-4H3. The van der Waals surface area contributed by atoms with Gasteiger partial charge in [0.05, 0.1) is 10.6 Å². The van der Waals surface area contributed by atoms with Crippen LogP contribution in [0.1, 0.15) is 59.3 Å². The fourth-order valence-corrected chi connectivity index (χ4v) is 5.01. The molecule has 0 aromatic heterocycles. The maximum absolute atomic E-state index is 13.0. The van der Waals surface area contributed by atoms with Crippen LogP contribution in [-0.4, -0.2) is 39.7 Å². The number of anilines is 1. The molecule has 0 aliphatic rings. The highest BCUT2D eigenvalue weighted by atomic mass is 79.9. The first-order valence-electron chi connectivity index (χ1n) is 11.6. The molecule has 0 saturated heterocycles. The summed E-state index contributed by atoms with van der Waals surface area (Å²) in [6.07, 6.45) is 6.85. The zero-order valence-corrected chi connectivity index (χ0v) is 22.2. The minimum Gasteiger partial charge on any atom is -0.475 e. The average Bonchev–Trinajstić information content (AvgIpc) is 2.79. The number of hydrogen-bond donors (Lipinski definition) is 0. The first-order chi connectivity index (χ1) is 15.3. The van der Waals surface area contributed by atoms with E-state index in [0.717, 1.165) is 49.0 Å². The van der Waals surface area contributed by atoms with Crippen molar-refractivity contribution in [2.45, 2.75) is 70.4 Å². The highest BCUT2D eigenvalue weighted by Gasteiger charge is 2.22. The number of sulfonamides is 1. The Balaban J connectivity index is 2.14. The van der Waals surface area contributed by atoms with Crippen LogP contribution in [0.25, 0.3) is 0 Å². The lowest BCUT2D eigenvalue weighted by Gasteiger charge is -2.31. The van der Waals surface area contributed by atoms with Gasteiger partial charge in [0.25, 0.3) is 10.0 Å². The Morgan fingerprint density at radius 2 is 1.53 bits per heavy atom. The van der Waals surface area contributed by atoms with E-state index in [2.05, 4.69) is 41.6 Å². The molecule has 0 amide bonds. The lowest BCUT2D eigenvalue weighted by atomic mass is 10.1. The largest absolute Gasteiger partial charge is 0.475 e. The predicted molar refractivity (Wildman–Crippen MR) is 137 cm³/mol. The second-order valence-electron chi connectivity index (χ2n) is 7.97. The zero-order valence-electron chi connectivity index (χ0n) is 19.8. The average molecular weight is 526 g/mol. The summed E-state index contributed by atoms with van der Waals surface area (Å²) in [6, 6.07) is 14.0. The molecule has 2 rings (SSSR count). The molecule has 7 heteroatoms. The molecule has 0 saturated carbocycles. The van der Waals surface area contributed by atoms with E-state index < -0.39 is 10.0 Å². The SMILES string of the molecule is CCCCCC(Oc1ccc(N(C)S(=O)(=O)c2ccc(Br)cc2)cc1)N(CC)CCCC. The Morgan fingerprint density at radius 3 is 2.09 bits per heavy atom. The molecular weight excluding hydrogens is 488 g/mol. The van der Waals surface area contributed by atoms with Crippen molar-refractivity contribution in [3.05, 3.63) is 53.0 Å². The summed E-state index contributed by atoms with van der Waals surface area (Å²) in [5.74, 6) is 0.764. The molecule has 2 aromatic carbocycles. The van der Waals surface area contributed by atoms with E-state index in [4.69, 9.17) is 4.74 Å². The molecule has 0 bridgehead atoms. The van der Waals surface area contributed by atoms with Gasteiger partial charge in [-0.1, -0.05) is 56.0 Å². The summed E-state index contributed by atoms with van der Waals surface area (Å²) in [6.45, 7) is 8.57. The van der Waals surface area contributed by atoms with Crippen molar-refractivity contribution < 1.29 is 13.2 Å². The lowest BCUT2D eigenvalue weighted by molar-refractivity contribution is 0.0195. The van der Waals surface area contributed by atoms with Gasteiger partial charge in [0.2, 0.25) is 0 Å². The van der Waals surface area contributed by atoms with E-state index in [0.29, 0.717) is 5.69 Å². The Kier molecular flexibility index (Phi) is 11.0. The first kappa shape index (κ1) is 26.7. The predicted octanol–water partition coefficient (Wildman–Crippen LogP) is 6.68. The number of nitrogens with zero attached hydrogens (tertiary/aromatic N) is 2. The normalized spacial score (nSPS) is 12.7. The van der Waals surface area contributed by atoms with Gasteiger partial charge >= 0.3 is 0 Å². The summed E-state index contributed by atoms with van der Waals surface area (Å²) in [4.78, 5) is 2.66. The number of benzene rings is 2. The Labute approximate surface area is 202 Å². The molecular formula is C25H37BrN2O3S. The van der Waals surface area contributed by atoms with Gasteiger partial charge in [-0.25, -0.2) is 8.42 Å². The van der Waals surface area contributed by atoms with E-state index in [1.807, 2.05) is 12.1 Å². The number of rotatable bonds is 14.